The molecule has 1 atom stereocenters. The zero-order valence-corrected chi connectivity index (χ0v) is 14.3. The Morgan fingerprint density at radius 3 is 2.92 bits per heavy atom. The van der Waals surface area contributed by atoms with Gasteiger partial charge in [0.25, 0.3) is 11.5 Å². The second-order valence-electron chi connectivity index (χ2n) is 5.48. The van der Waals surface area contributed by atoms with Crippen LogP contribution in [0.4, 0.5) is 0 Å². The second kappa shape index (κ2) is 6.29. The minimum Gasteiger partial charge on any atom is -0.329 e. The zero-order chi connectivity index (χ0) is 16.5. The maximum atomic E-state index is 12.8. The van der Waals surface area contributed by atoms with Crippen molar-refractivity contribution in [3.05, 3.63) is 56.2 Å². The molecule has 1 N–H and O–H groups in total. The molecule has 4 heterocycles. The van der Waals surface area contributed by atoms with Crippen molar-refractivity contribution in [3.8, 4) is 10.7 Å². The molecule has 1 aliphatic rings. The number of H-pyrrole nitrogens is 1. The highest BCUT2D eigenvalue weighted by atomic mass is 32.1. The van der Waals surface area contributed by atoms with E-state index >= 15 is 0 Å². The van der Waals surface area contributed by atoms with Crippen LogP contribution in [0.1, 0.15) is 34.2 Å². The number of carbonyl (C=O) groups is 1. The van der Waals surface area contributed by atoms with Crippen molar-refractivity contribution in [2.24, 2.45) is 0 Å². The summed E-state index contributed by atoms with van der Waals surface area (Å²) in [6, 6.07) is 3.72. The molecule has 0 aromatic carbocycles. The predicted octanol–water partition coefficient (Wildman–Crippen LogP) is 2.93. The number of nitrogens with zero attached hydrogens (tertiary/aromatic N) is 3. The van der Waals surface area contributed by atoms with Crippen LogP contribution >= 0.6 is 22.7 Å². The number of aromatic nitrogens is 3. The summed E-state index contributed by atoms with van der Waals surface area (Å²) in [5.41, 5.74) is -0.318. The molecule has 0 unspecified atom stereocenters. The van der Waals surface area contributed by atoms with Gasteiger partial charge in [0.1, 0.15) is 16.4 Å². The van der Waals surface area contributed by atoms with Gasteiger partial charge in [-0.3, -0.25) is 9.59 Å². The number of aromatic amines is 1. The van der Waals surface area contributed by atoms with E-state index in [1.807, 2.05) is 22.9 Å². The van der Waals surface area contributed by atoms with Crippen molar-refractivity contribution in [1.82, 2.24) is 19.9 Å². The van der Waals surface area contributed by atoms with Crippen LogP contribution in [0.3, 0.4) is 0 Å². The summed E-state index contributed by atoms with van der Waals surface area (Å²) in [6.45, 7) is 0.634. The van der Waals surface area contributed by atoms with E-state index in [0.717, 1.165) is 22.7 Å². The third-order valence-electron chi connectivity index (χ3n) is 4.03. The molecule has 3 aromatic rings. The van der Waals surface area contributed by atoms with Gasteiger partial charge in [0.15, 0.2) is 0 Å². The molecular weight excluding hydrogens is 344 g/mol. The summed E-state index contributed by atoms with van der Waals surface area (Å²) < 4.78 is 0. The average molecular weight is 358 g/mol. The fourth-order valence-electron chi connectivity index (χ4n) is 2.91. The normalized spacial score (nSPS) is 17.3. The second-order valence-corrected chi connectivity index (χ2v) is 7.35. The van der Waals surface area contributed by atoms with E-state index in [1.54, 1.807) is 11.1 Å². The molecule has 0 radical (unpaired) electrons. The van der Waals surface area contributed by atoms with E-state index in [-0.39, 0.29) is 17.5 Å². The number of amides is 1. The van der Waals surface area contributed by atoms with Crippen LogP contribution in [-0.2, 0) is 0 Å². The Morgan fingerprint density at radius 1 is 1.29 bits per heavy atom. The van der Waals surface area contributed by atoms with Gasteiger partial charge in [-0.25, -0.2) is 9.97 Å². The molecule has 6 nitrogen and oxygen atoms in total. The summed E-state index contributed by atoms with van der Waals surface area (Å²) in [6.07, 6.45) is 4.91. The molecule has 3 aromatic heterocycles. The number of thiophene rings is 1. The number of carbonyl (C=O) groups excluding carboxylic acids is 1. The lowest BCUT2D eigenvalue weighted by molar-refractivity contribution is 0.0733. The number of likely N-dealkylation sites (tertiary alicyclic amines) is 1. The van der Waals surface area contributed by atoms with Crippen molar-refractivity contribution >= 4 is 28.6 Å². The highest BCUT2D eigenvalue weighted by Crippen LogP contribution is 2.33. The minimum atomic E-state index is -0.400. The van der Waals surface area contributed by atoms with Crippen molar-refractivity contribution in [2.45, 2.75) is 18.9 Å². The molecule has 0 saturated carbocycles. The third-order valence-corrected chi connectivity index (χ3v) is 5.79. The predicted molar refractivity (Wildman–Crippen MR) is 93.3 cm³/mol. The van der Waals surface area contributed by atoms with Crippen LogP contribution in [0.25, 0.3) is 10.7 Å². The van der Waals surface area contributed by atoms with Crippen molar-refractivity contribution in [3.63, 3.8) is 0 Å². The lowest BCUT2D eigenvalue weighted by atomic mass is 10.2. The van der Waals surface area contributed by atoms with Gasteiger partial charge in [-0.1, -0.05) is 6.07 Å². The van der Waals surface area contributed by atoms with Crippen LogP contribution < -0.4 is 5.56 Å². The maximum Gasteiger partial charge on any atom is 0.264 e. The molecule has 1 aliphatic heterocycles. The van der Waals surface area contributed by atoms with Gasteiger partial charge in [0.2, 0.25) is 0 Å². The Morgan fingerprint density at radius 2 is 2.21 bits per heavy atom. The number of hydrogen-bond acceptors (Lipinski definition) is 6. The SMILES string of the molecule is O=C(c1cnc(-c2cccs2)[nH]c1=O)N1CCC[C@H]1c1nccs1. The van der Waals surface area contributed by atoms with Crippen molar-refractivity contribution in [2.75, 3.05) is 6.54 Å². The highest BCUT2D eigenvalue weighted by molar-refractivity contribution is 7.13. The van der Waals surface area contributed by atoms with E-state index in [9.17, 15) is 9.59 Å². The van der Waals surface area contributed by atoms with Crippen LogP contribution in [0, 0.1) is 0 Å². The first-order chi connectivity index (χ1) is 11.7. The lowest BCUT2D eigenvalue weighted by Crippen LogP contribution is -2.34. The minimum absolute atomic E-state index is 0.0473. The number of hydrogen-bond donors (Lipinski definition) is 1. The number of nitrogens with one attached hydrogen (secondary N) is 1. The van der Waals surface area contributed by atoms with Gasteiger partial charge in [-0.2, -0.15) is 0 Å². The van der Waals surface area contributed by atoms with Gasteiger partial charge >= 0.3 is 0 Å². The first-order valence-corrected chi connectivity index (χ1v) is 9.33. The zero-order valence-electron chi connectivity index (χ0n) is 12.6. The molecule has 4 rings (SSSR count). The molecule has 0 aliphatic carbocycles. The summed E-state index contributed by atoms with van der Waals surface area (Å²) in [4.78, 5) is 39.1. The Balaban J connectivity index is 1.64. The van der Waals surface area contributed by atoms with Gasteiger partial charge in [0.05, 0.1) is 10.9 Å². The van der Waals surface area contributed by atoms with Crippen LogP contribution in [-0.4, -0.2) is 32.3 Å². The Hall–Kier alpha value is -2.32. The quantitative estimate of drug-likeness (QED) is 0.781. The molecular formula is C16H14N4O2S2. The fourth-order valence-corrected chi connectivity index (χ4v) is 4.37. The highest BCUT2D eigenvalue weighted by Gasteiger charge is 2.33. The Labute approximate surface area is 145 Å². The Kier molecular flexibility index (Phi) is 3.99. The van der Waals surface area contributed by atoms with Crippen LogP contribution in [0.2, 0.25) is 0 Å². The summed E-state index contributed by atoms with van der Waals surface area (Å²) in [5.74, 6) is 0.212. The first kappa shape index (κ1) is 15.2. The average Bonchev–Trinajstić information content (AvgIpc) is 3.35. The smallest absolute Gasteiger partial charge is 0.264 e. The van der Waals surface area contributed by atoms with Crippen molar-refractivity contribution in [1.29, 1.82) is 0 Å². The van der Waals surface area contributed by atoms with Crippen molar-refractivity contribution < 1.29 is 4.79 Å². The molecule has 0 spiro atoms. The van der Waals surface area contributed by atoms with Gasteiger partial charge < -0.3 is 9.88 Å². The molecule has 24 heavy (non-hydrogen) atoms. The van der Waals surface area contributed by atoms with E-state index in [2.05, 4.69) is 15.0 Å². The molecule has 122 valence electrons. The maximum absolute atomic E-state index is 12.8. The number of thiazole rings is 1. The van der Waals surface area contributed by atoms with E-state index in [4.69, 9.17) is 0 Å². The topological polar surface area (TPSA) is 79.0 Å². The third kappa shape index (κ3) is 2.67. The lowest BCUT2D eigenvalue weighted by Gasteiger charge is -2.22. The summed E-state index contributed by atoms with van der Waals surface area (Å²) >= 11 is 3.02. The van der Waals surface area contributed by atoms with E-state index < -0.39 is 5.56 Å². The largest absolute Gasteiger partial charge is 0.329 e. The molecule has 1 fully saturated rings. The molecule has 1 saturated heterocycles. The first-order valence-electron chi connectivity index (χ1n) is 7.57. The Bertz CT molecular complexity index is 903. The fraction of sp³-hybridized carbons (Fsp3) is 0.250. The van der Waals surface area contributed by atoms with Gasteiger partial charge in [-0.05, 0) is 24.3 Å². The molecule has 0 bridgehead atoms. The van der Waals surface area contributed by atoms with E-state index in [1.165, 1.54) is 28.9 Å². The molecule has 1 amide bonds. The summed E-state index contributed by atoms with van der Waals surface area (Å²) in [7, 11) is 0. The molecule has 8 heteroatoms. The van der Waals surface area contributed by atoms with Crippen LogP contribution in [0.5, 0.6) is 0 Å². The summed E-state index contributed by atoms with van der Waals surface area (Å²) in [5, 5.41) is 4.73. The number of rotatable bonds is 3. The standard InChI is InChI=1S/C16H14N4O2S2/c21-14-10(9-18-13(19-14)12-4-2-7-23-12)16(22)20-6-1-3-11(20)15-17-5-8-24-15/h2,4-5,7-9,11H,1,3,6H2,(H,18,19,21)/t11-/m0/s1. The van der Waals surface area contributed by atoms with E-state index in [0.29, 0.717) is 12.4 Å². The monoisotopic (exact) mass is 358 g/mol. The van der Waals surface area contributed by atoms with Crippen LogP contribution in [0.15, 0.2) is 40.1 Å². The van der Waals surface area contributed by atoms with Gasteiger partial charge in [-0.15, -0.1) is 22.7 Å². The van der Waals surface area contributed by atoms with Gasteiger partial charge in [0, 0.05) is 24.3 Å².